The number of hydrogen-bond donors (Lipinski definition) is 3. The normalized spacial score (nSPS) is 38.1. The van der Waals surface area contributed by atoms with Crippen LogP contribution >= 0.6 is 0 Å². The number of aromatic nitrogens is 2. The van der Waals surface area contributed by atoms with Crippen LogP contribution < -0.4 is 22.7 Å². The van der Waals surface area contributed by atoms with E-state index in [0.717, 1.165) is 22.2 Å². The summed E-state index contributed by atoms with van der Waals surface area (Å²) in [5.74, 6) is 14.9. The van der Waals surface area contributed by atoms with Crippen molar-refractivity contribution in [3.05, 3.63) is 22.1 Å². The van der Waals surface area contributed by atoms with E-state index < -0.39 is 0 Å². The van der Waals surface area contributed by atoms with Gasteiger partial charge in [0.2, 0.25) is 5.95 Å². The van der Waals surface area contributed by atoms with Gasteiger partial charge >= 0.3 is 0 Å². The monoisotopic (exact) mass is 275 g/mol. The average Bonchev–Trinajstić information content (AvgIpc) is 2.41. The van der Waals surface area contributed by atoms with Gasteiger partial charge in [0.05, 0.1) is 5.69 Å². The highest BCUT2D eigenvalue weighted by molar-refractivity contribution is 5.28. The minimum atomic E-state index is -0.239. The Morgan fingerprint density at radius 1 is 1.15 bits per heavy atom. The molecule has 0 aliphatic heterocycles. The molecule has 0 unspecified atom stereocenters. The molecule has 0 aromatic carbocycles. The van der Waals surface area contributed by atoms with Crippen LogP contribution in [-0.4, -0.2) is 9.66 Å². The first-order valence-corrected chi connectivity index (χ1v) is 7.51. The van der Waals surface area contributed by atoms with Gasteiger partial charge in [-0.25, -0.2) is 10.8 Å². The average molecular weight is 275 g/mol. The van der Waals surface area contributed by atoms with Crippen molar-refractivity contribution in [2.45, 2.75) is 38.0 Å². The van der Waals surface area contributed by atoms with Crippen LogP contribution in [-0.2, 0) is 0 Å². The van der Waals surface area contributed by atoms with Crippen molar-refractivity contribution in [1.29, 1.82) is 0 Å². The zero-order valence-corrected chi connectivity index (χ0v) is 11.5. The van der Waals surface area contributed by atoms with E-state index in [2.05, 4.69) is 10.4 Å². The molecule has 0 saturated heterocycles. The maximum absolute atomic E-state index is 12.0. The van der Waals surface area contributed by atoms with Crippen LogP contribution in [0, 0.1) is 23.7 Å². The van der Waals surface area contributed by atoms with E-state index in [4.69, 9.17) is 11.7 Å². The molecule has 1 aromatic heterocycles. The van der Waals surface area contributed by atoms with E-state index in [1.807, 2.05) is 0 Å². The Morgan fingerprint density at radius 3 is 2.30 bits per heavy atom. The Bertz CT molecular complexity index is 568. The summed E-state index contributed by atoms with van der Waals surface area (Å²) in [6, 6.07) is 1.60. The van der Waals surface area contributed by atoms with Crippen molar-refractivity contribution >= 4 is 5.95 Å². The van der Waals surface area contributed by atoms with E-state index >= 15 is 0 Å². The Kier molecular flexibility index (Phi) is 2.57. The summed E-state index contributed by atoms with van der Waals surface area (Å²) in [6.45, 7) is 0. The summed E-state index contributed by atoms with van der Waals surface area (Å²) in [5, 5.41) is 0. The molecule has 5 N–H and O–H groups in total. The third-order valence-corrected chi connectivity index (χ3v) is 5.67. The molecule has 0 radical (unpaired) electrons. The highest BCUT2D eigenvalue weighted by Crippen LogP contribution is 2.59. The van der Waals surface area contributed by atoms with Gasteiger partial charge in [0, 0.05) is 12.0 Å². The Morgan fingerprint density at radius 2 is 1.75 bits per heavy atom. The lowest BCUT2D eigenvalue weighted by atomic mass is 9.51. The van der Waals surface area contributed by atoms with Gasteiger partial charge in [-0.15, -0.1) is 0 Å². The first kappa shape index (κ1) is 12.2. The molecule has 4 saturated carbocycles. The van der Waals surface area contributed by atoms with Gasteiger partial charge in [-0.1, -0.05) is 0 Å². The van der Waals surface area contributed by atoms with E-state index in [1.165, 1.54) is 32.1 Å². The molecule has 0 atom stereocenters. The van der Waals surface area contributed by atoms with Crippen LogP contribution in [0.1, 0.15) is 43.7 Å². The van der Waals surface area contributed by atoms with E-state index in [1.54, 1.807) is 6.07 Å². The van der Waals surface area contributed by atoms with Crippen LogP contribution in [0.15, 0.2) is 10.9 Å². The Balaban J connectivity index is 1.74. The van der Waals surface area contributed by atoms with Crippen LogP contribution in [0.4, 0.5) is 5.95 Å². The predicted molar refractivity (Wildman–Crippen MR) is 76.2 cm³/mol. The number of hydrogen-bond acceptors (Lipinski definition) is 5. The van der Waals surface area contributed by atoms with E-state index in [-0.39, 0.29) is 11.5 Å². The number of nitrogens with two attached hydrogens (primary N) is 2. The molecular formula is C14H21N5O. The molecule has 0 amide bonds. The molecule has 5 rings (SSSR count). The molecule has 1 aromatic rings. The summed E-state index contributed by atoms with van der Waals surface area (Å²) in [4.78, 5) is 16.5. The van der Waals surface area contributed by atoms with Crippen molar-refractivity contribution in [3.63, 3.8) is 0 Å². The summed E-state index contributed by atoms with van der Waals surface area (Å²) < 4.78 is 0.972. The first-order valence-electron chi connectivity index (χ1n) is 7.51. The number of anilines is 1. The van der Waals surface area contributed by atoms with Crippen LogP contribution in [0.5, 0.6) is 0 Å². The second kappa shape index (κ2) is 4.22. The number of rotatable bonds is 2. The lowest BCUT2D eigenvalue weighted by Crippen LogP contribution is -2.44. The number of nitrogens with one attached hydrogen (secondary N) is 1. The predicted octanol–water partition coefficient (Wildman–Crippen LogP) is 0.782. The molecule has 6 nitrogen and oxygen atoms in total. The van der Waals surface area contributed by atoms with Crippen molar-refractivity contribution in [3.8, 4) is 0 Å². The van der Waals surface area contributed by atoms with Gasteiger partial charge in [0.25, 0.3) is 5.56 Å². The van der Waals surface area contributed by atoms with Crippen molar-refractivity contribution in [1.82, 2.24) is 9.66 Å². The highest BCUT2D eigenvalue weighted by Gasteiger charge is 2.49. The number of nitrogens with zero attached hydrogens (tertiary/aromatic N) is 2. The molecular weight excluding hydrogens is 254 g/mol. The molecule has 108 valence electrons. The van der Waals surface area contributed by atoms with Gasteiger partial charge in [0.15, 0.2) is 0 Å². The largest absolute Gasteiger partial charge is 0.333 e. The summed E-state index contributed by atoms with van der Waals surface area (Å²) in [5.41, 5.74) is 3.07. The smallest absolute Gasteiger partial charge is 0.273 e. The van der Waals surface area contributed by atoms with E-state index in [9.17, 15) is 4.79 Å². The molecule has 6 heteroatoms. The minimum Gasteiger partial charge on any atom is -0.333 e. The van der Waals surface area contributed by atoms with Crippen LogP contribution in [0.25, 0.3) is 0 Å². The topological polar surface area (TPSA) is 99.0 Å². The molecule has 20 heavy (non-hydrogen) atoms. The maximum Gasteiger partial charge on any atom is 0.273 e. The lowest BCUT2D eigenvalue weighted by molar-refractivity contribution is -0.00420. The van der Waals surface area contributed by atoms with Crippen molar-refractivity contribution < 1.29 is 0 Å². The molecule has 4 fully saturated rings. The molecule has 4 aliphatic carbocycles. The molecule has 4 bridgehead atoms. The second-order valence-corrected chi connectivity index (χ2v) is 6.81. The van der Waals surface area contributed by atoms with Crippen LogP contribution in [0.2, 0.25) is 0 Å². The zero-order valence-electron chi connectivity index (χ0n) is 11.5. The molecule has 4 aliphatic rings. The lowest BCUT2D eigenvalue weighted by Gasteiger charge is -2.54. The van der Waals surface area contributed by atoms with Crippen molar-refractivity contribution in [2.24, 2.45) is 29.5 Å². The third kappa shape index (κ3) is 1.67. The Labute approximate surface area is 117 Å². The van der Waals surface area contributed by atoms with Gasteiger partial charge in [-0.05, 0) is 55.8 Å². The summed E-state index contributed by atoms with van der Waals surface area (Å²) in [7, 11) is 0. The first-order chi connectivity index (χ1) is 9.65. The molecule has 1 heterocycles. The summed E-state index contributed by atoms with van der Waals surface area (Å²) >= 11 is 0. The van der Waals surface area contributed by atoms with Gasteiger partial charge < -0.3 is 5.84 Å². The number of hydrazine groups is 1. The van der Waals surface area contributed by atoms with Crippen LogP contribution in [0.3, 0.4) is 0 Å². The van der Waals surface area contributed by atoms with Gasteiger partial charge in [0.1, 0.15) is 0 Å². The summed E-state index contributed by atoms with van der Waals surface area (Å²) in [6.07, 6.45) is 6.63. The standard InChI is InChI=1S/C14H21N5O/c15-18-14-17-11(6-12(20)19(14)16)13-9-2-7-1-8(4-9)5-10(13)3-7/h6-10,13H,1-5,15-16H2,(H,17,18). The fourth-order valence-electron chi connectivity index (χ4n) is 5.19. The zero-order chi connectivity index (χ0) is 13.9. The fraction of sp³-hybridized carbons (Fsp3) is 0.714. The number of nitrogen functional groups attached to an aromatic ring is 2. The fourth-order valence-corrected chi connectivity index (χ4v) is 5.19. The third-order valence-electron chi connectivity index (χ3n) is 5.67. The quantitative estimate of drug-likeness (QED) is 0.547. The minimum absolute atomic E-state index is 0.239. The van der Waals surface area contributed by atoms with Gasteiger partial charge in [-0.3, -0.25) is 10.2 Å². The SMILES string of the molecule is NNc1nc(C2C3CC4CC(C3)CC2C4)cc(=O)n1N. The van der Waals surface area contributed by atoms with Gasteiger partial charge in [-0.2, -0.15) is 4.68 Å². The Hall–Kier alpha value is -1.56. The second-order valence-electron chi connectivity index (χ2n) is 6.81. The molecule has 0 spiro atoms. The van der Waals surface area contributed by atoms with Crippen molar-refractivity contribution in [2.75, 3.05) is 11.3 Å². The maximum atomic E-state index is 12.0. The van der Waals surface area contributed by atoms with E-state index in [0.29, 0.717) is 17.8 Å². The highest BCUT2D eigenvalue weighted by atomic mass is 16.1.